The van der Waals surface area contributed by atoms with Gasteiger partial charge in [0.1, 0.15) is 5.54 Å². The van der Waals surface area contributed by atoms with Gasteiger partial charge >= 0.3 is 5.97 Å². The van der Waals surface area contributed by atoms with Crippen molar-refractivity contribution in [3.05, 3.63) is 0 Å². The molecule has 1 saturated carbocycles. The molecule has 1 atom stereocenters. The number of carbonyl (C=O) groups is 1. The van der Waals surface area contributed by atoms with Gasteiger partial charge in [0.15, 0.2) is 0 Å². The van der Waals surface area contributed by atoms with Gasteiger partial charge < -0.3 is 20.3 Å². The van der Waals surface area contributed by atoms with E-state index >= 15 is 0 Å². The van der Waals surface area contributed by atoms with Gasteiger partial charge in [0.25, 0.3) is 0 Å². The predicted molar refractivity (Wildman–Crippen MR) is 81.6 cm³/mol. The van der Waals surface area contributed by atoms with E-state index in [9.17, 15) is 4.79 Å². The Bertz CT molecular complexity index is 305. The average molecular weight is 285 g/mol. The lowest BCUT2D eigenvalue weighted by molar-refractivity contribution is -0.151. The maximum atomic E-state index is 12.2. The standard InChI is InChI=1S/C15H31N3O2/c1-5-18(11-7-10-17(3)4)12-15(16,13-8-9-13)14(19)20-6-2/h13H,5-12,16H2,1-4H3. The van der Waals surface area contributed by atoms with Crippen LogP contribution >= 0.6 is 0 Å². The van der Waals surface area contributed by atoms with Crippen molar-refractivity contribution >= 4 is 5.97 Å². The third-order valence-electron chi connectivity index (χ3n) is 3.97. The number of hydrogen-bond acceptors (Lipinski definition) is 5. The summed E-state index contributed by atoms with van der Waals surface area (Å²) in [7, 11) is 4.15. The third-order valence-corrected chi connectivity index (χ3v) is 3.97. The molecule has 1 fully saturated rings. The van der Waals surface area contributed by atoms with E-state index in [1.54, 1.807) is 0 Å². The molecule has 5 nitrogen and oxygen atoms in total. The predicted octanol–water partition coefficient (Wildman–Crippen LogP) is 0.931. The van der Waals surface area contributed by atoms with E-state index in [4.69, 9.17) is 10.5 Å². The molecule has 0 saturated heterocycles. The first-order chi connectivity index (χ1) is 9.43. The molecule has 5 heteroatoms. The molecule has 0 radical (unpaired) electrons. The minimum absolute atomic E-state index is 0.228. The van der Waals surface area contributed by atoms with Crippen LogP contribution in [0.5, 0.6) is 0 Å². The summed E-state index contributed by atoms with van der Waals surface area (Å²) < 4.78 is 5.20. The highest BCUT2D eigenvalue weighted by Crippen LogP contribution is 2.39. The second-order valence-corrected chi connectivity index (χ2v) is 6.06. The number of hydrogen-bond donors (Lipinski definition) is 1. The van der Waals surface area contributed by atoms with Gasteiger partial charge in [-0.25, -0.2) is 4.79 Å². The SMILES string of the molecule is CCOC(=O)C(N)(CN(CC)CCCN(C)C)C1CC1. The second-order valence-electron chi connectivity index (χ2n) is 6.06. The lowest BCUT2D eigenvalue weighted by Crippen LogP contribution is -2.58. The molecule has 0 amide bonds. The van der Waals surface area contributed by atoms with Crippen LogP contribution in [-0.2, 0) is 9.53 Å². The molecule has 0 aromatic carbocycles. The number of nitrogens with zero attached hydrogens (tertiary/aromatic N) is 2. The van der Waals surface area contributed by atoms with Crippen LogP contribution < -0.4 is 5.73 Å². The first-order valence-electron chi connectivity index (χ1n) is 7.77. The Labute approximate surface area is 123 Å². The highest BCUT2D eigenvalue weighted by molar-refractivity contribution is 5.82. The molecule has 1 aliphatic rings. The van der Waals surface area contributed by atoms with E-state index < -0.39 is 5.54 Å². The Hall–Kier alpha value is -0.650. The maximum absolute atomic E-state index is 12.2. The molecule has 118 valence electrons. The van der Waals surface area contributed by atoms with Crippen molar-refractivity contribution in [2.45, 2.75) is 38.6 Å². The smallest absolute Gasteiger partial charge is 0.327 e. The highest BCUT2D eigenvalue weighted by atomic mass is 16.5. The molecule has 1 aliphatic carbocycles. The van der Waals surface area contributed by atoms with Crippen molar-refractivity contribution in [3.63, 3.8) is 0 Å². The fourth-order valence-electron chi connectivity index (χ4n) is 2.55. The summed E-state index contributed by atoms with van der Waals surface area (Å²) in [4.78, 5) is 16.7. The van der Waals surface area contributed by atoms with Crippen LogP contribution in [0.25, 0.3) is 0 Å². The molecular weight excluding hydrogens is 254 g/mol. The molecule has 2 N–H and O–H groups in total. The van der Waals surface area contributed by atoms with Crippen LogP contribution in [0, 0.1) is 5.92 Å². The van der Waals surface area contributed by atoms with Crippen molar-refractivity contribution in [2.75, 3.05) is 46.9 Å². The van der Waals surface area contributed by atoms with Crippen molar-refractivity contribution in [1.29, 1.82) is 0 Å². The number of rotatable bonds is 10. The minimum atomic E-state index is -0.815. The zero-order valence-corrected chi connectivity index (χ0v) is 13.5. The summed E-state index contributed by atoms with van der Waals surface area (Å²) in [6.07, 6.45) is 3.18. The Morgan fingerprint density at radius 3 is 2.40 bits per heavy atom. The van der Waals surface area contributed by atoms with E-state index in [-0.39, 0.29) is 5.97 Å². The normalized spacial score (nSPS) is 18.4. The van der Waals surface area contributed by atoms with E-state index in [2.05, 4.69) is 30.8 Å². The van der Waals surface area contributed by atoms with Gasteiger partial charge in [0.05, 0.1) is 6.61 Å². The molecule has 1 rings (SSSR count). The molecule has 0 aliphatic heterocycles. The Balaban J connectivity index is 2.55. The van der Waals surface area contributed by atoms with E-state index in [1.807, 2.05) is 6.92 Å². The zero-order valence-electron chi connectivity index (χ0n) is 13.5. The van der Waals surface area contributed by atoms with E-state index in [0.717, 1.165) is 38.9 Å². The number of nitrogens with two attached hydrogens (primary N) is 1. The Kier molecular flexibility index (Phi) is 6.92. The summed E-state index contributed by atoms with van der Waals surface area (Å²) in [5.74, 6) is 0.0676. The highest BCUT2D eigenvalue weighted by Gasteiger charge is 2.49. The summed E-state index contributed by atoms with van der Waals surface area (Å²) in [5.41, 5.74) is 5.60. The summed E-state index contributed by atoms with van der Waals surface area (Å²) in [6, 6.07) is 0. The zero-order chi connectivity index (χ0) is 15.2. The molecule has 0 heterocycles. The van der Waals surface area contributed by atoms with Crippen molar-refractivity contribution < 1.29 is 9.53 Å². The lowest BCUT2D eigenvalue weighted by atomic mass is 9.93. The molecule has 0 spiro atoms. The number of esters is 1. The van der Waals surface area contributed by atoms with Gasteiger partial charge in [-0.2, -0.15) is 0 Å². The minimum Gasteiger partial charge on any atom is -0.465 e. The first-order valence-corrected chi connectivity index (χ1v) is 7.77. The van der Waals surface area contributed by atoms with E-state index in [0.29, 0.717) is 19.1 Å². The monoisotopic (exact) mass is 285 g/mol. The summed E-state index contributed by atoms with van der Waals surface area (Å²) in [5, 5.41) is 0. The molecular formula is C15H31N3O2. The van der Waals surface area contributed by atoms with Gasteiger partial charge in [-0.15, -0.1) is 0 Å². The van der Waals surface area contributed by atoms with Crippen LogP contribution in [0.1, 0.15) is 33.1 Å². The van der Waals surface area contributed by atoms with Crippen molar-refractivity contribution in [1.82, 2.24) is 9.80 Å². The molecule has 0 aromatic heterocycles. The van der Waals surface area contributed by atoms with Crippen molar-refractivity contribution in [2.24, 2.45) is 11.7 Å². The second kappa shape index (κ2) is 7.96. The van der Waals surface area contributed by atoms with Gasteiger partial charge in [-0.05, 0) is 65.8 Å². The van der Waals surface area contributed by atoms with Crippen LogP contribution in [0.3, 0.4) is 0 Å². The Morgan fingerprint density at radius 2 is 1.95 bits per heavy atom. The van der Waals surface area contributed by atoms with Crippen LogP contribution in [0.2, 0.25) is 0 Å². The summed E-state index contributed by atoms with van der Waals surface area (Å²) >= 11 is 0. The maximum Gasteiger partial charge on any atom is 0.327 e. The topological polar surface area (TPSA) is 58.8 Å². The quantitative estimate of drug-likeness (QED) is 0.605. The molecule has 0 bridgehead atoms. The van der Waals surface area contributed by atoms with Gasteiger partial charge in [-0.1, -0.05) is 6.92 Å². The largest absolute Gasteiger partial charge is 0.465 e. The van der Waals surface area contributed by atoms with Gasteiger partial charge in [-0.3, -0.25) is 0 Å². The molecule has 0 aromatic rings. The Morgan fingerprint density at radius 1 is 1.30 bits per heavy atom. The third kappa shape index (κ3) is 5.04. The first kappa shape index (κ1) is 17.4. The summed E-state index contributed by atoms with van der Waals surface area (Å²) in [6.45, 7) is 7.90. The van der Waals surface area contributed by atoms with Gasteiger partial charge in [0.2, 0.25) is 0 Å². The molecule has 1 unspecified atom stereocenters. The number of ether oxygens (including phenoxy) is 1. The number of carbonyl (C=O) groups excluding carboxylic acids is 1. The average Bonchev–Trinajstić information content (AvgIpc) is 3.21. The van der Waals surface area contributed by atoms with Crippen LogP contribution in [0.4, 0.5) is 0 Å². The fourth-order valence-corrected chi connectivity index (χ4v) is 2.55. The van der Waals surface area contributed by atoms with Crippen LogP contribution in [-0.4, -0.2) is 68.2 Å². The molecule has 20 heavy (non-hydrogen) atoms. The van der Waals surface area contributed by atoms with Gasteiger partial charge in [0, 0.05) is 6.54 Å². The van der Waals surface area contributed by atoms with E-state index in [1.165, 1.54) is 0 Å². The van der Waals surface area contributed by atoms with Crippen molar-refractivity contribution in [3.8, 4) is 0 Å². The number of likely N-dealkylation sites (N-methyl/N-ethyl adjacent to an activating group) is 1. The lowest BCUT2D eigenvalue weighted by Gasteiger charge is -2.33. The fraction of sp³-hybridized carbons (Fsp3) is 0.933. The van der Waals surface area contributed by atoms with Crippen LogP contribution in [0.15, 0.2) is 0 Å².